The van der Waals surface area contributed by atoms with Crippen molar-refractivity contribution in [3.8, 4) is 5.75 Å². The number of halogens is 1. The molecule has 2 rings (SSSR count). The first-order chi connectivity index (χ1) is 9.95. The Morgan fingerprint density at radius 3 is 2.52 bits per heavy atom. The summed E-state index contributed by atoms with van der Waals surface area (Å²) in [7, 11) is 0. The van der Waals surface area contributed by atoms with E-state index in [4.69, 9.17) is 21.4 Å². The van der Waals surface area contributed by atoms with E-state index in [1.165, 1.54) is 12.3 Å². The minimum atomic E-state index is -1.06. The van der Waals surface area contributed by atoms with Crippen LogP contribution in [0.3, 0.4) is 0 Å². The third-order valence-electron chi connectivity index (χ3n) is 2.58. The number of aromatic carboxylic acids is 1. The van der Waals surface area contributed by atoms with Gasteiger partial charge in [0.05, 0.1) is 16.7 Å². The van der Waals surface area contributed by atoms with Gasteiger partial charge in [-0.2, -0.15) is 0 Å². The van der Waals surface area contributed by atoms with Gasteiger partial charge in [0.2, 0.25) is 0 Å². The molecule has 0 atom stereocenters. The van der Waals surface area contributed by atoms with Crippen LogP contribution in [0.5, 0.6) is 5.75 Å². The lowest BCUT2D eigenvalue weighted by molar-refractivity contribution is 0.0696. The number of carboxylic acid groups (broad SMARTS) is 1. The van der Waals surface area contributed by atoms with Crippen molar-refractivity contribution in [2.75, 3.05) is 5.32 Å². The third-order valence-corrected chi connectivity index (χ3v) is 2.87. The van der Waals surface area contributed by atoms with E-state index in [-0.39, 0.29) is 16.7 Å². The van der Waals surface area contributed by atoms with Gasteiger partial charge < -0.3 is 15.2 Å². The van der Waals surface area contributed by atoms with Crippen LogP contribution in [-0.2, 0) is 0 Å². The van der Waals surface area contributed by atoms with Crippen LogP contribution in [0.25, 0.3) is 0 Å². The van der Waals surface area contributed by atoms with Crippen LogP contribution in [0, 0.1) is 0 Å². The van der Waals surface area contributed by atoms with Crippen molar-refractivity contribution in [1.29, 1.82) is 0 Å². The number of anilines is 2. The highest BCUT2D eigenvalue weighted by Gasteiger charge is 2.08. The lowest BCUT2D eigenvalue weighted by atomic mass is 10.2. The van der Waals surface area contributed by atoms with E-state index < -0.39 is 5.97 Å². The summed E-state index contributed by atoms with van der Waals surface area (Å²) in [5, 5.41) is 12.1. The molecule has 0 aliphatic heterocycles. The van der Waals surface area contributed by atoms with Crippen molar-refractivity contribution in [3.63, 3.8) is 0 Å². The fourth-order valence-electron chi connectivity index (χ4n) is 1.67. The molecule has 0 radical (unpaired) electrons. The van der Waals surface area contributed by atoms with Crippen LogP contribution in [0.15, 0.2) is 36.5 Å². The molecule has 5 nitrogen and oxygen atoms in total. The first-order valence-electron chi connectivity index (χ1n) is 6.38. The number of benzene rings is 1. The van der Waals surface area contributed by atoms with Crippen molar-refractivity contribution >= 4 is 29.1 Å². The minimum Gasteiger partial charge on any atom is -0.491 e. The number of nitrogens with zero attached hydrogens (tertiary/aromatic N) is 1. The number of hydrogen-bond donors (Lipinski definition) is 2. The van der Waals surface area contributed by atoms with Crippen LogP contribution in [-0.4, -0.2) is 22.2 Å². The highest BCUT2D eigenvalue weighted by atomic mass is 35.5. The van der Waals surface area contributed by atoms with Crippen LogP contribution < -0.4 is 10.1 Å². The van der Waals surface area contributed by atoms with Crippen LogP contribution in [0.4, 0.5) is 11.5 Å². The molecular formula is C15H15ClN2O3. The van der Waals surface area contributed by atoms with Gasteiger partial charge in [0.15, 0.2) is 0 Å². The molecule has 6 heteroatoms. The Morgan fingerprint density at radius 1 is 1.33 bits per heavy atom. The molecule has 0 saturated carbocycles. The minimum absolute atomic E-state index is 0.0474. The molecule has 21 heavy (non-hydrogen) atoms. The van der Waals surface area contributed by atoms with E-state index in [2.05, 4.69) is 10.3 Å². The number of pyridine rings is 1. The van der Waals surface area contributed by atoms with Gasteiger partial charge in [0, 0.05) is 11.9 Å². The van der Waals surface area contributed by atoms with Crippen molar-refractivity contribution in [3.05, 3.63) is 47.1 Å². The van der Waals surface area contributed by atoms with Crippen molar-refractivity contribution in [2.24, 2.45) is 0 Å². The Bertz CT molecular complexity index is 642. The second kappa shape index (κ2) is 6.45. The van der Waals surface area contributed by atoms with E-state index in [9.17, 15) is 4.79 Å². The maximum atomic E-state index is 10.8. The number of carbonyl (C=O) groups is 1. The molecule has 2 aromatic rings. The highest BCUT2D eigenvalue weighted by molar-refractivity contribution is 6.33. The molecule has 0 aliphatic carbocycles. The topological polar surface area (TPSA) is 71.5 Å². The summed E-state index contributed by atoms with van der Waals surface area (Å²) in [5.74, 6) is 0.112. The number of nitrogens with one attached hydrogen (secondary N) is 1. The lowest BCUT2D eigenvalue weighted by Gasteiger charge is -2.11. The zero-order valence-corrected chi connectivity index (χ0v) is 12.4. The Morgan fingerprint density at radius 2 is 2.00 bits per heavy atom. The number of carboxylic acids is 1. The van der Waals surface area contributed by atoms with E-state index in [0.29, 0.717) is 5.82 Å². The molecule has 0 fully saturated rings. The van der Waals surface area contributed by atoms with Gasteiger partial charge in [-0.3, -0.25) is 0 Å². The summed E-state index contributed by atoms with van der Waals surface area (Å²) in [6, 6.07) is 8.70. The molecular weight excluding hydrogens is 292 g/mol. The summed E-state index contributed by atoms with van der Waals surface area (Å²) < 4.78 is 5.55. The Hall–Kier alpha value is -2.27. The van der Waals surface area contributed by atoms with E-state index in [1.807, 2.05) is 38.1 Å². The van der Waals surface area contributed by atoms with Gasteiger partial charge in [-0.1, -0.05) is 11.6 Å². The predicted octanol–water partition coefficient (Wildman–Crippen LogP) is 3.96. The van der Waals surface area contributed by atoms with Crippen molar-refractivity contribution in [2.45, 2.75) is 20.0 Å². The van der Waals surface area contributed by atoms with E-state index >= 15 is 0 Å². The van der Waals surface area contributed by atoms with Gasteiger partial charge in [0.25, 0.3) is 0 Å². The number of hydrogen-bond acceptors (Lipinski definition) is 4. The molecule has 110 valence electrons. The molecule has 0 aliphatic rings. The predicted molar refractivity (Wildman–Crippen MR) is 81.7 cm³/mol. The van der Waals surface area contributed by atoms with Crippen molar-refractivity contribution < 1.29 is 14.6 Å². The second-order valence-corrected chi connectivity index (χ2v) is 5.08. The summed E-state index contributed by atoms with van der Waals surface area (Å²) in [4.78, 5) is 14.8. The average Bonchev–Trinajstić information content (AvgIpc) is 2.42. The first kappa shape index (κ1) is 15.1. The third kappa shape index (κ3) is 4.10. The summed E-state index contributed by atoms with van der Waals surface area (Å²) >= 11 is 6.01. The van der Waals surface area contributed by atoms with Gasteiger partial charge in [0.1, 0.15) is 11.6 Å². The highest BCUT2D eigenvalue weighted by Crippen LogP contribution is 2.25. The normalized spacial score (nSPS) is 10.5. The van der Waals surface area contributed by atoms with Crippen LogP contribution in [0.2, 0.25) is 5.02 Å². The monoisotopic (exact) mass is 306 g/mol. The zero-order valence-electron chi connectivity index (χ0n) is 11.6. The Kier molecular flexibility index (Phi) is 4.65. The quantitative estimate of drug-likeness (QED) is 0.874. The molecule has 1 aromatic carbocycles. The fourth-order valence-corrected chi connectivity index (χ4v) is 1.89. The smallest absolute Gasteiger partial charge is 0.337 e. The maximum absolute atomic E-state index is 10.8. The second-order valence-electron chi connectivity index (χ2n) is 4.68. The molecule has 0 spiro atoms. The lowest BCUT2D eigenvalue weighted by Crippen LogP contribution is -2.05. The Balaban J connectivity index is 2.13. The van der Waals surface area contributed by atoms with Gasteiger partial charge in [-0.25, -0.2) is 9.78 Å². The van der Waals surface area contributed by atoms with Crippen LogP contribution in [0.1, 0.15) is 24.2 Å². The first-order valence-corrected chi connectivity index (χ1v) is 6.76. The van der Waals surface area contributed by atoms with Crippen LogP contribution >= 0.6 is 11.6 Å². The fraction of sp³-hybridized carbons (Fsp3) is 0.200. The number of ether oxygens (including phenoxy) is 1. The SMILES string of the molecule is CC(C)Oc1ccc(Nc2ncc(C(=O)O)cc2Cl)cc1. The van der Waals surface area contributed by atoms with Gasteiger partial charge in [-0.15, -0.1) is 0 Å². The summed E-state index contributed by atoms with van der Waals surface area (Å²) in [6.45, 7) is 3.92. The molecule has 0 saturated heterocycles. The van der Waals surface area contributed by atoms with Gasteiger partial charge >= 0.3 is 5.97 Å². The number of rotatable bonds is 5. The summed E-state index contributed by atoms with van der Waals surface area (Å²) in [5.41, 5.74) is 0.829. The molecule has 0 amide bonds. The molecule has 0 bridgehead atoms. The molecule has 0 unspecified atom stereocenters. The molecule has 2 N–H and O–H groups in total. The van der Waals surface area contributed by atoms with E-state index in [0.717, 1.165) is 11.4 Å². The molecule has 1 heterocycles. The molecule has 1 aromatic heterocycles. The Labute approximate surface area is 127 Å². The average molecular weight is 307 g/mol. The maximum Gasteiger partial charge on any atom is 0.337 e. The van der Waals surface area contributed by atoms with E-state index in [1.54, 1.807) is 0 Å². The van der Waals surface area contributed by atoms with Gasteiger partial charge in [-0.05, 0) is 44.2 Å². The largest absolute Gasteiger partial charge is 0.491 e. The standard InChI is InChI=1S/C15H15ClN2O3/c1-9(2)21-12-5-3-11(4-6-12)18-14-13(16)7-10(8-17-14)15(19)20/h3-9H,1-2H3,(H,17,18)(H,19,20). The summed E-state index contributed by atoms with van der Waals surface area (Å²) in [6.07, 6.45) is 1.37. The zero-order chi connectivity index (χ0) is 15.4. The van der Waals surface area contributed by atoms with Crippen molar-refractivity contribution in [1.82, 2.24) is 4.98 Å². The number of aromatic nitrogens is 1.